The predicted octanol–water partition coefficient (Wildman–Crippen LogP) is 25.4. The molecular weight excluding hydrogens is 1140 g/mol. The zero-order valence-corrected chi connectivity index (χ0v) is 61.7. The minimum absolute atomic E-state index is 0.177. The average molecular weight is 1290 g/mol. The number of ether oxygens (including phenoxy) is 4. The number of allylic oxidation sites excluding steroid dienone is 10. The zero-order valence-electron chi connectivity index (χ0n) is 61.7. The number of esters is 2. The van der Waals surface area contributed by atoms with Gasteiger partial charge in [-0.05, 0) is 57.8 Å². The summed E-state index contributed by atoms with van der Waals surface area (Å²) in [6, 6.07) is 0. The molecule has 9 heteroatoms. The zero-order chi connectivity index (χ0) is 66.8. The highest BCUT2D eigenvalue weighted by atomic mass is 16.7. The van der Waals surface area contributed by atoms with Crippen LogP contribution in [-0.4, -0.2) is 87.4 Å². The van der Waals surface area contributed by atoms with Crippen molar-refractivity contribution in [3.63, 3.8) is 0 Å². The molecule has 538 valence electrons. The Morgan fingerprint density at radius 1 is 0.337 bits per heavy atom. The first-order valence-corrected chi connectivity index (χ1v) is 40.0. The smallest absolute Gasteiger partial charge is 0.361 e. The number of hydrogen-bond donors (Lipinski definition) is 1. The lowest BCUT2D eigenvalue weighted by Gasteiger charge is -2.25. The minimum atomic E-state index is -1.51. The lowest BCUT2D eigenvalue weighted by Crippen LogP contribution is -2.40. The summed E-state index contributed by atoms with van der Waals surface area (Å²) in [7, 11) is 6.00. The van der Waals surface area contributed by atoms with Gasteiger partial charge in [0, 0.05) is 12.8 Å². The van der Waals surface area contributed by atoms with Crippen LogP contribution in [0.25, 0.3) is 0 Å². The number of hydrogen-bond acceptors (Lipinski definition) is 7. The van der Waals surface area contributed by atoms with E-state index in [1.54, 1.807) is 0 Å². The molecule has 0 saturated carbocycles. The summed E-state index contributed by atoms with van der Waals surface area (Å²) in [5.41, 5.74) is 0. The summed E-state index contributed by atoms with van der Waals surface area (Å²) in [4.78, 5) is 37.7. The van der Waals surface area contributed by atoms with Crippen LogP contribution in [0.1, 0.15) is 393 Å². The summed E-state index contributed by atoms with van der Waals surface area (Å²) in [6.45, 7) is 4.84. The molecule has 0 saturated heterocycles. The molecule has 0 aromatic heterocycles. The first-order valence-electron chi connectivity index (χ1n) is 40.0. The third-order valence-corrected chi connectivity index (χ3v) is 18.0. The van der Waals surface area contributed by atoms with Gasteiger partial charge in [-0.15, -0.1) is 0 Å². The highest BCUT2D eigenvalue weighted by Crippen LogP contribution is 2.20. The van der Waals surface area contributed by atoms with E-state index in [1.807, 2.05) is 21.1 Å². The lowest BCUT2D eigenvalue weighted by molar-refractivity contribution is -0.870. The first kappa shape index (κ1) is 89.0. The van der Waals surface area contributed by atoms with E-state index in [0.29, 0.717) is 17.4 Å². The molecule has 0 rings (SSSR count). The molecule has 9 nitrogen and oxygen atoms in total. The number of aliphatic carboxylic acids is 1. The second-order valence-corrected chi connectivity index (χ2v) is 28.4. The maximum Gasteiger partial charge on any atom is 0.361 e. The second-order valence-electron chi connectivity index (χ2n) is 28.4. The second kappa shape index (κ2) is 73.8. The largest absolute Gasteiger partial charge is 0.477 e. The molecule has 2 unspecified atom stereocenters. The third kappa shape index (κ3) is 74.4. The van der Waals surface area contributed by atoms with Crippen LogP contribution in [0, 0.1) is 0 Å². The van der Waals surface area contributed by atoms with Gasteiger partial charge in [0.2, 0.25) is 0 Å². The Morgan fingerprint density at radius 3 is 0.924 bits per heavy atom. The molecule has 0 aromatic carbocycles. The molecule has 0 aliphatic carbocycles. The van der Waals surface area contributed by atoms with Crippen LogP contribution in [0.4, 0.5) is 0 Å². The number of unbranched alkanes of at least 4 members (excludes halogenated alkanes) is 50. The molecule has 1 N–H and O–H groups in total. The van der Waals surface area contributed by atoms with E-state index in [9.17, 15) is 19.5 Å². The van der Waals surface area contributed by atoms with E-state index < -0.39 is 18.4 Å². The SMILES string of the molecule is CC/C=C\C/C=C\C/C=C\C/C=C\C/C=C\CCCCCCCCCCCCCCCCCCCC(=O)OC(COC(=O)CCCCCCCCCCCCCCCCCCCCCCCCCCCCCCCCCCCC)COC(OCC[N+](C)(C)C)C(=O)O. The molecule has 0 aromatic rings. The Balaban J connectivity index is 3.98. The van der Waals surface area contributed by atoms with Gasteiger partial charge in [-0.3, -0.25) is 9.59 Å². The number of likely N-dealkylation sites (N-methyl/N-ethyl adjacent to an activating group) is 1. The molecule has 0 fully saturated rings. The standard InChI is InChI=1S/C83H153NO8/c1-6-8-10-12-14-16-18-20-22-24-26-28-30-32-34-36-38-40-42-43-45-47-49-51-53-55-57-59-61-63-65-67-69-71-73-80(85)90-77-79(78-91-83(82(87)88)89-76-75-84(3,4)5)92-81(86)74-72-70-68-66-64-62-60-58-56-54-52-50-48-46-44-41-39-37-35-33-31-29-27-25-23-21-19-17-15-13-11-9-7-2/h9,11,15,17,21,23,27,29,33,35,79,83H,6-8,10,12-14,16,18-20,22,24-26,28,30-32,34,36-78H2,1-5H3/p+1/b11-9-,17-15-,23-21-,29-27-,35-33-. The van der Waals surface area contributed by atoms with Crippen LogP contribution in [-0.2, 0) is 33.3 Å². The Morgan fingerprint density at radius 2 is 0.620 bits per heavy atom. The fourth-order valence-corrected chi connectivity index (χ4v) is 12.0. The van der Waals surface area contributed by atoms with Gasteiger partial charge in [0.05, 0.1) is 34.4 Å². The van der Waals surface area contributed by atoms with Crippen molar-refractivity contribution in [2.24, 2.45) is 0 Å². The lowest BCUT2D eigenvalue weighted by atomic mass is 10.0. The number of nitrogens with zero attached hydrogens (tertiary/aromatic N) is 1. The molecule has 0 amide bonds. The van der Waals surface area contributed by atoms with Crippen molar-refractivity contribution < 1.29 is 42.9 Å². The number of carbonyl (C=O) groups is 3. The van der Waals surface area contributed by atoms with Crippen molar-refractivity contribution in [3.8, 4) is 0 Å². The van der Waals surface area contributed by atoms with Crippen LogP contribution in [0.15, 0.2) is 60.8 Å². The van der Waals surface area contributed by atoms with Gasteiger partial charge < -0.3 is 28.5 Å². The molecule has 0 bridgehead atoms. The molecular formula is C83H154NO8+. The summed E-state index contributed by atoms with van der Waals surface area (Å²) < 4.78 is 23.1. The quantitative estimate of drug-likeness (QED) is 0.0211. The molecule has 0 heterocycles. The van der Waals surface area contributed by atoms with Gasteiger partial charge in [0.25, 0.3) is 6.29 Å². The maximum absolute atomic E-state index is 13.0. The van der Waals surface area contributed by atoms with Crippen molar-refractivity contribution in [2.45, 2.75) is 405 Å². The summed E-state index contributed by atoms with van der Waals surface area (Å²) >= 11 is 0. The van der Waals surface area contributed by atoms with Gasteiger partial charge in [-0.2, -0.15) is 0 Å². The van der Waals surface area contributed by atoms with E-state index in [2.05, 4.69) is 74.6 Å². The van der Waals surface area contributed by atoms with Crippen molar-refractivity contribution in [1.82, 2.24) is 0 Å². The monoisotopic (exact) mass is 1290 g/mol. The van der Waals surface area contributed by atoms with Crippen molar-refractivity contribution >= 4 is 17.9 Å². The third-order valence-electron chi connectivity index (χ3n) is 18.0. The number of rotatable bonds is 75. The van der Waals surface area contributed by atoms with E-state index in [0.717, 1.165) is 70.6 Å². The highest BCUT2D eigenvalue weighted by Gasteiger charge is 2.25. The Labute approximate surface area is 571 Å². The Bertz CT molecular complexity index is 1700. The van der Waals surface area contributed by atoms with Crippen LogP contribution in [0.5, 0.6) is 0 Å². The molecule has 0 radical (unpaired) electrons. The number of carbonyl (C=O) groups excluding carboxylic acids is 2. The van der Waals surface area contributed by atoms with E-state index >= 15 is 0 Å². The van der Waals surface area contributed by atoms with Gasteiger partial charge in [0.15, 0.2) is 6.10 Å². The number of carboxylic acid groups (broad SMARTS) is 1. The summed E-state index contributed by atoms with van der Waals surface area (Å²) in [5.74, 6) is -1.98. The predicted molar refractivity (Wildman–Crippen MR) is 397 cm³/mol. The van der Waals surface area contributed by atoms with Crippen LogP contribution >= 0.6 is 0 Å². The highest BCUT2D eigenvalue weighted by molar-refractivity contribution is 5.71. The average Bonchev–Trinajstić information content (AvgIpc) is 3.69. The molecule has 0 spiro atoms. The molecule has 92 heavy (non-hydrogen) atoms. The van der Waals surface area contributed by atoms with Gasteiger partial charge in [-0.1, -0.05) is 383 Å². The fourth-order valence-electron chi connectivity index (χ4n) is 12.0. The van der Waals surface area contributed by atoms with E-state index in [-0.39, 0.29) is 38.2 Å². The van der Waals surface area contributed by atoms with E-state index in [1.165, 1.54) is 295 Å². The fraction of sp³-hybridized carbons (Fsp3) is 0.843. The van der Waals surface area contributed by atoms with Crippen LogP contribution in [0.2, 0.25) is 0 Å². The van der Waals surface area contributed by atoms with Gasteiger partial charge >= 0.3 is 17.9 Å². The van der Waals surface area contributed by atoms with Gasteiger partial charge in [-0.25, -0.2) is 4.79 Å². The van der Waals surface area contributed by atoms with Crippen LogP contribution < -0.4 is 0 Å². The Hall–Kier alpha value is -3.01. The number of quaternary nitrogens is 1. The normalized spacial score (nSPS) is 12.9. The topological polar surface area (TPSA) is 108 Å². The molecule has 0 aliphatic rings. The first-order chi connectivity index (χ1) is 45.1. The van der Waals surface area contributed by atoms with Crippen LogP contribution in [0.3, 0.4) is 0 Å². The summed E-state index contributed by atoms with van der Waals surface area (Å²) in [6.07, 6.45) is 95.2. The van der Waals surface area contributed by atoms with Crippen molar-refractivity contribution in [3.05, 3.63) is 60.8 Å². The summed E-state index contributed by atoms with van der Waals surface area (Å²) in [5, 5.41) is 9.77. The number of carboxylic acids is 1. The Kier molecular flexibility index (Phi) is 71.4. The maximum atomic E-state index is 13.0. The minimum Gasteiger partial charge on any atom is -0.477 e. The molecule has 2 atom stereocenters. The van der Waals surface area contributed by atoms with Crippen molar-refractivity contribution in [2.75, 3.05) is 47.5 Å². The van der Waals surface area contributed by atoms with Gasteiger partial charge in [0.1, 0.15) is 13.2 Å². The van der Waals surface area contributed by atoms with Crippen molar-refractivity contribution in [1.29, 1.82) is 0 Å². The molecule has 0 aliphatic heterocycles. The van der Waals surface area contributed by atoms with E-state index in [4.69, 9.17) is 18.9 Å².